The number of nitrogens with two attached hydrogens (primary N) is 1. The summed E-state index contributed by atoms with van der Waals surface area (Å²) in [5.41, 5.74) is 5.94. The Morgan fingerprint density at radius 1 is 1.50 bits per heavy atom. The molecule has 0 aliphatic heterocycles. The smallest absolute Gasteiger partial charge is 0.168 e. The van der Waals surface area contributed by atoms with Crippen molar-refractivity contribution in [2.45, 2.75) is 26.2 Å². The minimum Gasteiger partial charge on any atom is -0.494 e. The summed E-state index contributed by atoms with van der Waals surface area (Å²) in [6.45, 7) is 2.32. The third-order valence-electron chi connectivity index (χ3n) is 3.00. The van der Waals surface area contributed by atoms with E-state index in [0.717, 1.165) is 12.8 Å². The Balaban J connectivity index is 2.81. The molecule has 2 N–H and O–H groups in total. The van der Waals surface area contributed by atoms with Crippen molar-refractivity contribution < 1.29 is 13.9 Å². The van der Waals surface area contributed by atoms with Crippen molar-refractivity contribution in [3.63, 3.8) is 0 Å². The summed E-state index contributed by atoms with van der Waals surface area (Å²) in [6.07, 6.45) is 1.72. The summed E-state index contributed by atoms with van der Waals surface area (Å²) in [7, 11) is 1.41. The van der Waals surface area contributed by atoms with Crippen molar-refractivity contribution in [3.8, 4) is 5.75 Å². The van der Waals surface area contributed by atoms with Gasteiger partial charge in [0.15, 0.2) is 11.6 Å². The number of carbonyl (C=O) groups excluding carboxylic acids is 1. The molecule has 0 aliphatic rings. The van der Waals surface area contributed by atoms with Gasteiger partial charge in [0.2, 0.25) is 0 Å². The molecule has 0 saturated carbocycles. The SMILES string of the molecule is CCCC(CN)C(=O)Cc1cccc(OC)c1F. The van der Waals surface area contributed by atoms with Gasteiger partial charge in [-0.25, -0.2) is 4.39 Å². The Kier molecular flexibility index (Phi) is 5.78. The Morgan fingerprint density at radius 3 is 2.78 bits per heavy atom. The molecule has 0 saturated heterocycles. The van der Waals surface area contributed by atoms with Gasteiger partial charge in [-0.1, -0.05) is 25.5 Å². The molecule has 1 atom stereocenters. The average Bonchev–Trinajstić information content (AvgIpc) is 2.38. The second kappa shape index (κ2) is 7.11. The van der Waals surface area contributed by atoms with Gasteiger partial charge in [-0.15, -0.1) is 0 Å². The quantitative estimate of drug-likeness (QED) is 0.811. The van der Waals surface area contributed by atoms with Crippen LogP contribution in [0.3, 0.4) is 0 Å². The highest BCUT2D eigenvalue weighted by molar-refractivity contribution is 5.83. The van der Waals surface area contributed by atoms with E-state index in [1.807, 2.05) is 6.92 Å². The molecule has 4 heteroatoms. The van der Waals surface area contributed by atoms with Crippen molar-refractivity contribution in [1.82, 2.24) is 0 Å². The maximum Gasteiger partial charge on any atom is 0.168 e. The minimum absolute atomic E-state index is 0.00787. The highest BCUT2D eigenvalue weighted by Gasteiger charge is 2.18. The van der Waals surface area contributed by atoms with Gasteiger partial charge in [-0.3, -0.25) is 4.79 Å². The van der Waals surface area contributed by atoms with E-state index in [1.54, 1.807) is 12.1 Å². The fourth-order valence-corrected chi connectivity index (χ4v) is 1.94. The van der Waals surface area contributed by atoms with Crippen LogP contribution in [0, 0.1) is 11.7 Å². The Morgan fingerprint density at radius 2 is 2.22 bits per heavy atom. The van der Waals surface area contributed by atoms with Crippen LogP contribution in [0.1, 0.15) is 25.3 Å². The molecule has 1 unspecified atom stereocenters. The van der Waals surface area contributed by atoms with E-state index < -0.39 is 5.82 Å². The van der Waals surface area contributed by atoms with Crippen molar-refractivity contribution in [3.05, 3.63) is 29.6 Å². The Hall–Kier alpha value is -1.42. The van der Waals surface area contributed by atoms with Crippen LogP contribution in [-0.2, 0) is 11.2 Å². The number of hydrogen-bond acceptors (Lipinski definition) is 3. The van der Waals surface area contributed by atoms with Gasteiger partial charge in [-0.05, 0) is 18.1 Å². The van der Waals surface area contributed by atoms with Gasteiger partial charge >= 0.3 is 0 Å². The fraction of sp³-hybridized carbons (Fsp3) is 0.500. The highest BCUT2D eigenvalue weighted by atomic mass is 19.1. The Bertz CT molecular complexity index is 407. The van der Waals surface area contributed by atoms with Gasteiger partial charge in [-0.2, -0.15) is 0 Å². The number of Topliss-reactive ketones (excluding diaryl/α,β-unsaturated/α-hetero) is 1. The molecule has 0 heterocycles. The molecular weight excluding hydrogens is 233 g/mol. The number of ketones is 1. The van der Waals surface area contributed by atoms with Crippen LogP contribution >= 0.6 is 0 Å². The monoisotopic (exact) mass is 253 g/mol. The molecule has 0 aromatic heterocycles. The number of carbonyl (C=O) groups is 1. The third kappa shape index (κ3) is 3.53. The van der Waals surface area contributed by atoms with Crippen molar-refractivity contribution >= 4 is 5.78 Å². The molecule has 0 amide bonds. The van der Waals surface area contributed by atoms with Crippen LogP contribution < -0.4 is 10.5 Å². The first-order valence-electron chi connectivity index (χ1n) is 6.18. The summed E-state index contributed by atoms with van der Waals surface area (Å²) in [5.74, 6) is -0.479. The lowest BCUT2D eigenvalue weighted by Crippen LogP contribution is -2.25. The topological polar surface area (TPSA) is 52.3 Å². The van der Waals surface area contributed by atoms with Crippen LogP contribution in [0.2, 0.25) is 0 Å². The van der Waals surface area contributed by atoms with Crippen LogP contribution in [0.15, 0.2) is 18.2 Å². The molecular formula is C14H20FNO2. The van der Waals surface area contributed by atoms with Gasteiger partial charge < -0.3 is 10.5 Å². The highest BCUT2D eigenvalue weighted by Crippen LogP contribution is 2.21. The zero-order valence-corrected chi connectivity index (χ0v) is 10.9. The molecule has 0 fully saturated rings. The molecule has 1 aromatic carbocycles. The minimum atomic E-state index is -0.458. The number of methoxy groups -OCH3 is 1. The average molecular weight is 253 g/mol. The van der Waals surface area contributed by atoms with Crippen molar-refractivity contribution in [2.75, 3.05) is 13.7 Å². The van der Waals surface area contributed by atoms with E-state index in [-0.39, 0.29) is 23.9 Å². The molecule has 0 bridgehead atoms. The van der Waals surface area contributed by atoms with Gasteiger partial charge in [0.05, 0.1) is 7.11 Å². The molecule has 3 nitrogen and oxygen atoms in total. The summed E-state index contributed by atoms with van der Waals surface area (Å²) in [5, 5.41) is 0. The van der Waals surface area contributed by atoms with Gasteiger partial charge in [0, 0.05) is 18.9 Å². The second-order valence-electron chi connectivity index (χ2n) is 4.30. The zero-order valence-electron chi connectivity index (χ0n) is 10.9. The van der Waals surface area contributed by atoms with Crippen molar-refractivity contribution in [1.29, 1.82) is 0 Å². The summed E-state index contributed by atoms with van der Waals surface area (Å²) >= 11 is 0. The van der Waals surface area contributed by atoms with E-state index in [4.69, 9.17) is 10.5 Å². The summed E-state index contributed by atoms with van der Waals surface area (Å²) in [6, 6.07) is 4.83. The standard InChI is InChI=1S/C14H20FNO2/c1-3-5-11(9-16)12(17)8-10-6-4-7-13(18-2)14(10)15/h4,6-7,11H,3,5,8-9,16H2,1-2H3. The largest absolute Gasteiger partial charge is 0.494 e. The lowest BCUT2D eigenvalue weighted by atomic mass is 9.94. The first kappa shape index (κ1) is 14.6. The normalized spacial score (nSPS) is 12.2. The number of halogens is 1. The van der Waals surface area contributed by atoms with E-state index in [1.165, 1.54) is 13.2 Å². The number of ether oxygens (including phenoxy) is 1. The number of hydrogen-bond donors (Lipinski definition) is 1. The summed E-state index contributed by atoms with van der Waals surface area (Å²) < 4.78 is 18.8. The van der Waals surface area contributed by atoms with Crippen LogP contribution in [0.5, 0.6) is 5.75 Å². The zero-order chi connectivity index (χ0) is 13.5. The maximum atomic E-state index is 13.9. The van der Waals surface area contributed by atoms with E-state index in [9.17, 15) is 9.18 Å². The van der Waals surface area contributed by atoms with E-state index >= 15 is 0 Å². The number of rotatable bonds is 7. The van der Waals surface area contributed by atoms with Gasteiger partial charge in [0.1, 0.15) is 5.78 Å². The van der Waals surface area contributed by atoms with Gasteiger partial charge in [0.25, 0.3) is 0 Å². The molecule has 18 heavy (non-hydrogen) atoms. The molecule has 0 spiro atoms. The van der Waals surface area contributed by atoms with Crippen LogP contribution in [0.4, 0.5) is 4.39 Å². The first-order chi connectivity index (χ1) is 8.63. The number of benzene rings is 1. The third-order valence-corrected chi connectivity index (χ3v) is 3.00. The first-order valence-corrected chi connectivity index (χ1v) is 6.18. The lowest BCUT2D eigenvalue weighted by molar-refractivity contribution is -0.122. The van der Waals surface area contributed by atoms with E-state index in [0.29, 0.717) is 12.1 Å². The molecule has 100 valence electrons. The van der Waals surface area contributed by atoms with Crippen molar-refractivity contribution in [2.24, 2.45) is 11.7 Å². The van der Waals surface area contributed by atoms with E-state index in [2.05, 4.69) is 0 Å². The predicted molar refractivity (Wildman–Crippen MR) is 69.1 cm³/mol. The Labute approximate surface area is 107 Å². The summed E-state index contributed by atoms with van der Waals surface area (Å²) in [4.78, 5) is 12.0. The van der Waals surface area contributed by atoms with Crippen LogP contribution in [0.25, 0.3) is 0 Å². The maximum absolute atomic E-state index is 13.9. The fourth-order valence-electron chi connectivity index (χ4n) is 1.94. The van der Waals surface area contributed by atoms with Crippen LogP contribution in [-0.4, -0.2) is 19.4 Å². The molecule has 1 aromatic rings. The molecule has 0 aliphatic carbocycles. The predicted octanol–water partition coefficient (Wildman–Crippen LogP) is 2.32. The molecule has 1 rings (SSSR count). The molecule has 0 radical (unpaired) electrons. The second-order valence-corrected chi connectivity index (χ2v) is 4.30. The lowest BCUT2D eigenvalue weighted by Gasteiger charge is -2.13.